The smallest absolute Gasteiger partial charge is 0.0649 e. The highest BCUT2D eigenvalue weighted by molar-refractivity contribution is 5.47. The summed E-state index contributed by atoms with van der Waals surface area (Å²) in [5.74, 6) is 0. The zero-order valence-electron chi connectivity index (χ0n) is 8.95. The molecule has 0 amide bonds. The Hall–Kier alpha value is -1.16. The minimum absolute atomic E-state index is 0.270. The second-order valence-corrected chi connectivity index (χ2v) is 3.56. The van der Waals surface area contributed by atoms with Crippen LogP contribution in [0.1, 0.15) is 11.1 Å². The first-order valence-corrected chi connectivity index (χ1v) is 5.15. The van der Waals surface area contributed by atoms with Crippen molar-refractivity contribution in [1.29, 1.82) is 0 Å². The molecule has 1 aromatic carbocycles. The Morgan fingerprint density at radius 2 is 1.93 bits per heavy atom. The average Bonchev–Trinajstić information content (AvgIpc) is 2.25. The van der Waals surface area contributed by atoms with E-state index in [1.807, 2.05) is 6.08 Å². The van der Waals surface area contributed by atoms with Gasteiger partial charge in [0.1, 0.15) is 0 Å². The highest BCUT2D eigenvalue weighted by atomic mass is 15.0. The molecule has 0 radical (unpaired) electrons. The van der Waals surface area contributed by atoms with E-state index in [-0.39, 0.29) is 6.17 Å². The normalized spacial score (nSPS) is 10.6. The summed E-state index contributed by atoms with van der Waals surface area (Å²) in [4.78, 5) is 0. The van der Waals surface area contributed by atoms with Crippen molar-refractivity contribution in [3.05, 3.63) is 42.0 Å². The van der Waals surface area contributed by atoms with Crippen LogP contribution in [0.2, 0.25) is 0 Å². The van der Waals surface area contributed by atoms with E-state index in [2.05, 4.69) is 36.2 Å². The molecule has 15 heavy (non-hydrogen) atoms. The monoisotopic (exact) mass is 205 g/mol. The summed E-state index contributed by atoms with van der Waals surface area (Å²) in [5, 5.41) is 3.19. The molecular weight excluding hydrogens is 186 g/mol. The lowest BCUT2D eigenvalue weighted by Gasteiger charge is -2.07. The van der Waals surface area contributed by atoms with E-state index in [1.165, 1.54) is 5.56 Å². The lowest BCUT2D eigenvalue weighted by atomic mass is 10.1. The van der Waals surface area contributed by atoms with Crippen molar-refractivity contribution < 1.29 is 0 Å². The van der Waals surface area contributed by atoms with E-state index in [4.69, 9.17) is 11.5 Å². The zero-order chi connectivity index (χ0) is 11.1. The molecule has 0 heterocycles. The van der Waals surface area contributed by atoms with Gasteiger partial charge in [-0.3, -0.25) is 0 Å². The molecule has 1 rings (SSSR count). The van der Waals surface area contributed by atoms with E-state index in [1.54, 1.807) is 0 Å². The zero-order valence-corrected chi connectivity index (χ0v) is 8.95. The Bertz CT molecular complexity index is 290. The molecule has 0 aliphatic heterocycles. The van der Waals surface area contributed by atoms with Crippen LogP contribution < -0.4 is 16.8 Å². The number of benzene rings is 1. The quantitative estimate of drug-likeness (QED) is 0.473. The van der Waals surface area contributed by atoms with Crippen molar-refractivity contribution in [3.8, 4) is 0 Å². The summed E-state index contributed by atoms with van der Waals surface area (Å²) in [5.41, 5.74) is 13.3. The van der Waals surface area contributed by atoms with Crippen LogP contribution in [0, 0.1) is 0 Å². The van der Waals surface area contributed by atoms with Crippen molar-refractivity contribution in [2.75, 3.05) is 13.1 Å². The topological polar surface area (TPSA) is 64.1 Å². The molecule has 3 nitrogen and oxygen atoms in total. The summed E-state index contributed by atoms with van der Waals surface area (Å²) in [6.07, 6.45) is 2.56. The van der Waals surface area contributed by atoms with Crippen LogP contribution in [0.4, 0.5) is 0 Å². The van der Waals surface area contributed by atoms with Gasteiger partial charge in [0.05, 0.1) is 6.17 Å². The molecule has 3 heteroatoms. The van der Waals surface area contributed by atoms with Crippen LogP contribution in [0.15, 0.2) is 30.8 Å². The van der Waals surface area contributed by atoms with E-state index >= 15 is 0 Å². The Balaban J connectivity index is 2.28. The van der Waals surface area contributed by atoms with E-state index in [0.29, 0.717) is 6.54 Å². The van der Waals surface area contributed by atoms with E-state index in [9.17, 15) is 0 Å². The predicted octanol–water partition coefficient (Wildman–Crippen LogP) is 0.705. The fraction of sp³-hybridized carbons (Fsp3) is 0.333. The lowest BCUT2D eigenvalue weighted by molar-refractivity contribution is 0.592. The maximum atomic E-state index is 5.41. The van der Waals surface area contributed by atoms with Gasteiger partial charge in [-0.25, -0.2) is 0 Å². The summed E-state index contributed by atoms with van der Waals surface area (Å²) in [6.45, 7) is 5.27. The molecule has 0 aliphatic carbocycles. The molecule has 0 saturated carbocycles. The molecule has 0 saturated heterocycles. The molecule has 0 bridgehead atoms. The van der Waals surface area contributed by atoms with Gasteiger partial charge in [-0.1, -0.05) is 36.9 Å². The average molecular weight is 205 g/mol. The van der Waals surface area contributed by atoms with Gasteiger partial charge in [0.2, 0.25) is 0 Å². The van der Waals surface area contributed by atoms with Gasteiger partial charge < -0.3 is 16.8 Å². The maximum absolute atomic E-state index is 5.41. The number of hydrogen-bond donors (Lipinski definition) is 3. The highest BCUT2D eigenvalue weighted by Gasteiger charge is 1.95. The maximum Gasteiger partial charge on any atom is 0.0649 e. The fourth-order valence-electron chi connectivity index (χ4n) is 1.32. The first-order valence-electron chi connectivity index (χ1n) is 5.15. The lowest BCUT2D eigenvalue weighted by Crippen LogP contribution is -2.41. The van der Waals surface area contributed by atoms with Gasteiger partial charge >= 0.3 is 0 Å². The summed E-state index contributed by atoms with van der Waals surface area (Å²) in [7, 11) is 0. The van der Waals surface area contributed by atoms with E-state index < -0.39 is 0 Å². The van der Waals surface area contributed by atoms with Crippen LogP contribution in [-0.4, -0.2) is 19.3 Å². The Morgan fingerprint density at radius 1 is 1.27 bits per heavy atom. The molecule has 0 aliphatic rings. The molecule has 0 fully saturated rings. The van der Waals surface area contributed by atoms with Crippen molar-refractivity contribution in [2.24, 2.45) is 11.5 Å². The largest absolute Gasteiger partial charge is 0.315 e. The highest BCUT2D eigenvalue weighted by Crippen LogP contribution is 2.05. The predicted molar refractivity (Wildman–Crippen MR) is 65.3 cm³/mol. The van der Waals surface area contributed by atoms with Gasteiger partial charge in [-0.15, -0.1) is 0 Å². The van der Waals surface area contributed by atoms with Gasteiger partial charge in [0, 0.05) is 6.54 Å². The van der Waals surface area contributed by atoms with Crippen molar-refractivity contribution in [3.63, 3.8) is 0 Å². The molecule has 82 valence electrons. The first kappa shape index (κ1) is 11.9. The summed E-state index contributed by atoms with van der Waals surface area (Å²) < 4.78 is 0. The summed E-state index contributed by atoms with van der Waals surface area (Å²) in [6, 6.07) is 8.36. The summed E-state index contributed by atoms with van der Waals surface area (Å²) >= 11 is 0. The fourth-order valence-corrected chi connectivity index (χ4v) is 1.32. The third-order valence-electron chi connectivity index (χ3n) is 2.19. The molecule has 5 N–H and O–H groups in total. The molecular formula is C12H19N3. The van der Waals surface area contributed by atoms with Gasteiger partial charge in [0.15, 0.2) is 0 Å². The minimum Gasteiger partial charge on any atom is -0.315 e. The van der Waals surface area contributed by atoms with Crippen LogP contribution >= 0.6 is 0 Å². The first-order chi connectivity index (χ1) is 7.22. The van der Waals surface area contributed by atoms with Crippen molar-refractivity contribution in [1.82, 2.24) is 5.32 Å². The molecule has 0 atom stereocenters. The Labute approximate surface area is 91.2 Å². The molecule has 0 spiro atoms. The molecule has 1 aromatic rings. The minimum atomic E-state index is -0.270. The van der Waals surface area contributed by atoms with Crippen LogP contribution in [0.5, 0.6) is 0 Å². The van der Waals surface area contributed by atoms with Crippen LogP contribution in [0.25, 0.3) is 6.08 Å². The van der Waals surface area contributed by atoms with Gasteiger partial charge in [-0.05, 0) is 24.1 Å². The van der Waals surface area contributed by atoms with Crippen molar-refractivity contribution in [2.45, 2.75) is 12.6 Å². The number of nitrogens with two attached hydrogens (primary N) is 2. The second-order valence-electron chi connectivity index (χ2n) is 3.56. The van der Waals surface area contributed by atoms with E-state index in [0.717, 1.165) is 18.5 Å². The number of rotatable bonds is 6. The molecule has 0 aromatic heterocycles. The third-order valence-corrected chi connectivity index (χ3v) is 2.19. The SMILES string of the molecule is C=Cc1ccc(CCNCC(N)N)cc1. The Morgan fingerprint density at radius 3 is 2.47 bits per heavy atom. The number of nitrogens with one attached hydrogen (secondary N) is 1. The second kappa shape index (κ2) is 6.35. The van der Waals surface area contributed by atoms with Gasteiger partial charge in [-0.2, -0.15) is 0 Å². The Kier molecular flexibility index (Phi) is 5.04. The number of hydrogen-bond acceptors (Lipinski definition) is 3. The standard InChI is InChI=1S/C12H19N3/c1-2-10-3-5-11(6-4-10)7-8-15-9-12(13)14/h2-6,12,15H,1,7-9,13-14H2. The third kappa shape index (κ3) is 4.74. The van der Waals surface area contributed by atoms with Crippen molar-refractivity contribution >= 4 is 6.08 Å². The van der Waals surface area contributed by atoms with Gasteiger partial charge in [0.25, 0.3) is 0 Å². The molecule has 0 unspecified atom stereocenters. The van der Waals surface area contributed by atoms with Crippen LogP contribution in [0.3, 0.4) is 0 Å². The van der Waals surface area contributed by atoms with Crippen LogP contribution in [-0.2, 0) is 6.42 Å².